The van der Waals surface area contributed by atoms with Gasteiger partial charge in [-0.15, -0.1) is 0 Å². The highest BCUT2D eigenvalue weighted by molar-refractivity contribution is 5.80. The van der Waals surface area contributed by atoms with Crippen molar-refractivity contribution in [3.05, 3.63) is 35.9 Å². The van der Waals surface area contributed by atoms with E-state index in [4.69, 9.17) is 0 Å². The van der Waals surface area contributed by atoms with E-state index in [-0.39, 0.29) is 0 Å². The number of hydrogen-bond donors (Lipinski definition) is 0. The van der Waals surface area contributed by atoms with Crippen LogP contribution in [0.15, 0.2) is 30.3 Å². The van der Waals surface area contributed by atoms with Gasteiger partial charge in [0.25, 0.3) is 0 Å². The normalized spacial score (nSPS) is 26.1. The smallest absolute Gasteiger partial charge is 0.135 e. The third-order valence-corrected chi connectivity index (χ3v) is 3.98. The molecule has 0 aromatic heterocycles. The van der Waals surface area contributed by atoms with E-state index < -0.39 is 0 Å². The summed E-state index contributed by atoms with van der Waals surface area (Å²) in [6.07, 6.45) is 4.18. The summed E-state index contributed by atoms with van der Waals surface area (Å²) in [5.74, 6) is 1.26. The first-order valence-corrected chi connectivity index (χ1v) is 6.62. The molecule has 17 heavy (non-hydrogen) atoms. The molecule has 0 amide bonds. The number of hydrogen-bond acceptors (Lipinski definition) is 2. The van der Waals surface area contributed by atoms with Crippen LogP contribution in [0.4, 0.5) is 0 Å². The molecule has 90 valence electrons. The van der Waals surface area contributed by atoms with Gasteiger partial charge in [-0.05, 0) is 24.3 Å². The highest BCUT2D eigenvalue weighted by Gasteiger charge is 2.38. The van der Waals surface area contributed by atoms with Crippen LogP contribution < -0.4 is 0 Å². The van der Waals surface area contributed by atoms with Gasteiger partial charge in [-0.25, -0.2) is 0 Å². The number of likely N-dealkylation sites (tertiary alicyclic amines) is 1. The molecule has 0 radical (unpaired) electrons. The van der Waals surface area contributed by atoms with Gasteiger partial charge in [-0.1, -0.05) is 30.3 Å². The minimum Gasteiger partial charge on any atom is -0.300 e. The number of carbonyl (C=O) groups is 1. The molecule has 2 heteroatoms. The van der Waals surface area contributed by atoms with Crippen molar-refractivity contribution in [2.75, 3.05) is 6.54 Å². The predicted octanol–water partition coefficient (Wildman–Crippen LogP) is 2.63. The fourth-order valence-corrected chi connectivity index (χ4v) is 2.86. The Kier molecular flexibility index (Phi) is 2.98. The molecule has 1 saturated heterocycles. The molecule has 2 fully saturated rings. The monoisotopic (exact) mass is 229 g/mol. The van der Waals surface area contributed by atoms with Gasteiger partial charge in [0, 0.05) is 32.0 Å². The first-order chi connectivity index (χ1) is 8.33. The summed E-state index contributed by atoms with van der Waals surface area (Å²) >= 11 is 0. The second-order valence-electron chi connectivity index (χ2n) is 5.35. The Morgan fingerprint density at radius 3 is 2.65 bits per heavy atom. The maximum atomic E-state index is 11.6. The van der Waals surface area contributed by atoms with E-state index in [9.17, 15) is 4.79 Å². The third kappa shape index (κ3) is 2.58. The van der Waals surface area contributed by atoms with Crippen molar-refractivity contribution in [2.24, 2.45) is 5.92 Å². The molecule has 2 nitrogen and oxygen atoms in total. The minimum atomic E-state index is 0.464. The largest absolute Gasteiger partial charge is 0.300 e. The molecule has 0 N–H and O–H groups in total. The summed E-state index contributed by atoms with van der Waals surface area (Å²) in [6.45, 7) is 1.96. The summed E-state index contributed by atoms with van der Waals surface area (Å²) in [5, 5.41) is 0. The van der Waals surface area contributed by atoms with Crippen molar-refractivity contribution in [3.8, 4) is 0 Å². The number of Topliss-reactive ketones (excluding diaryl/α,β-unsaturated/α-hetero) is 1. The van der Waals surface area contributed by atoms with Gasteiger partial charge in [-0.2, -0.15) is 0 Å². The van der Waals surface area contributed by atoms with Crippen molar-refractivity contribution in [1.29, 1.82) is 0 Å². The Bertz CT molecular complexity index is 397. The van der Waals surface area contributed by atoms with Crippen LogP contribution in [0.3, 0.4) is 0 Å². The number of rotatable bonds is 3. The van der Waals surface area contributed by atoms with Crippen molar-refractivity contribution in [3.63, 3.8) is 0 Å². The van der Waals surface area contributed by atoms with Crippen LogP contribution >= 0.6 is 0 Å². The zero-order valence-corrected chi connectivity index (χ0v) is 10.1. The van der Waals surface area contributed by atoms with Crippen LogP contribution in [0.2, 0.25) is 0 Å². The molecule has 0 unspecified atom stereocenters. The molecule has 3 rings (SSSR count). The summed E-state index contributed by atoms with van der Waals surface area (Å²) in [6, 6.07) is 11.1. The van der Waals surface area contributed by atoms with Crippen molar-refractivity contribution < 1.29 is 4.79 Å². The van der Waals surface area contributed by atoms with Gasteiger partial charge in [0.05, 0.1) is 0 Å². The molecule has 1 aromatic rings. The fraction of sp³-hybridized carbons (Fsp3) is 0.533. The lowest BCUT2D eigenvalue weighted by Crippen LogP contribution is -2.43. The quantitative estimate of drug-likeness (QED) is 0.794. The van der Waals surface area contributed by atoms with Crippen LogP contribution in [-0.2, 0) is 11.3 Å². The van der Waals surface area contributed by atoms with Gasteiger partial charge in [0.2, 0.25) is 0 Å². The van der Waals surface area contributed by atoms with Crippen LogP contribution in [0.5, 0.6) is 0 Å². The molecule has 1 atom stereocenters. The van der Waals surface area contributed by atoms with E-state index in [0.29, 0.717) is 11.8 Å². The maximum absolute atomic E-state index is 11.6. The number of benzene rings is 1. The van der Waals surface area contributed by atoms with E-state index in [2.05, 4.69) is 35.2 Å². The molecule has 0 bridgehead atoms. The second-order valence-corrected chi connectivity index (χ2v) is 5.35. The lowest BCUT2D eigenvalue weighted by atomic mass is 9.96. The van der Waals surface area contributed by atoms with Crippen molar-refractivity contribution in [1.82, 2.24) is 4.90 Å². The van der Waals surface area contributed by atoms with Crippen molar-refractivity contribution >= 4 is 5.78 Å². The van der Waals surface area contributed by atoms with Crippen LogP contribution in [-0.4, -0.2) is 23.3 Å². The molecule has 1 aliphatic heterocycles. The highest BCUT2D eigenvalue weighted by Crippen LogP contribution is 2.39. The molecule has 1 saturated carbocycles. The van der Waals surface area contributed by atoms with E-state index in [1.54, 1.807) is 0 Å². The van der Waals surface area contributed by atoms with E-state index in [0.717, 1.165) is 31.8 Å². The molecule has 0 spiro atoms. The van der Waals surface area contributed by atoms with Gasteiger partial charge in [-0.3, -0.25) is 9.69 Å². The average Bonchev–Trinajstić information content (AvgIpc) is 3.17. The van der Waals surface area contributed by atoms with Crippen molar-refractivity contribution in [2.45, 2.75) is 38.3 Å². The predicted molar refractivity (Wildman–Crippen MR) is 67.6 cm³/mol. The zero-order valence-electron chi connectivity index (χ0n) is 10.1. The standard InChI is InChI=1S/C15H19NO/c17-14-8-9-16(15(10-14)13-6-7-13)11-12-4-2-1-3-5-12/h1-5,13,15H,6-11H2/t15-/m0/s1. The van der Waals surface area contributed by atoms with Gasteiger partial charge < -0.3 is 0 Å². The topological polar surface area (TPSA) is 20.3 Å². The Hall–Kier alpha value is -1.15. The van der Waals surface area contributed by atoms with Crippen LogP contribution in [0, 0.1) is 5.92 Å². The fourth-order valence-electron chi connectivity index (χ4n) is 2.86. The van der Waals surface area contributed by atoms with Crippen LogP contribution in [0.1, 0.15) is 31.2 Å². The molecular weight excluding hydrogens is 210 g/mol. The average molecular weight is 229 g/mol. The molecule has 2 aliphatic rings. The summed E-state index contributed by atoms with van der Waals surface area (Å²) in [4.78, 5) is 14.1. The molecule has 1 aromatic carbocycles. The Labute approximate surface area is 103 Å². The summed E-state index contributed by atoms with van der Waals surface area (Å²) in [5.41, 5.74) is 1.37. The lowest BCUT2D eigenvalue weighted by Gasteiger charge is -2.35. The zero-order chi connectivity index (χ0) is 11.7. The third-order valence-electron chi connectivity index (χ3n) is 3.98. The first kappa shape index (κ1) is 11.0. The molecule has 1 aliphatic carbocycles. The lowest BCUT2D eigenvalue weighted by molar-refractivity contribution is -0.123. The van der Waals surface area contributed by atoms with Gasteiger partial charge >= 0.3 is 0 Å². The SMILES string of the molecule is O=C1CCN(Cc2ccccc2)[C@H](C2CC2)C1. The second kappa shape index (κ2) is 4.61. The van der Waals surface area contributed by atoms with E-state index in [1.807, 2.05) is 0 Å². The Morgan fingerprint density at radius 1 is 1.18 bits per heavy atom. The number of piperidine rings is 1. The number of ketones is 1. The van der Waals surface area contributed by atoms with Gasteiger partial charge in [0.1, 0.15) is 5.78 Å². The van der Waals surface area contributed by atoms with Gasteiger partial charge in [0.15, 0.2) is 0 Å². The van der Waals surface area contributed by atoms with Crippen LogP contribution in [0.25, 0.3) is 0 Å². The molecule has 1 heterocycles. The Balaban J connectivity index is 1.70. The number of nitrogens with zero attached hydrogens (tertiary/aromatic N) is 1. The van der Waals surface area contributed by atoms with E-state index >= 15 is 0 Å². The Morgan fingerprint density at radius 2 is 1.94 bits per heavy atom. The van der Waals surface area contributed by atoms with E-state index in [1.165, 1.54) is 18.4 Å². The minimum absolute atomic E-state index is 0.464. The highest BCUT2D eigenvalue weighted by atomic mass is 16.1. The maximum Gasteiger partial charge on any atom is 0.135 e. The number of carbonyl (C=O) groups excluding carboxylic acids is 1. The first-order valence-electron chi connectivity index (χ1n) is 6.62. The summed E-state index contributed by atoms with van der Waals surface area (Å²) in [7, 11) is 0. The summed E-state index contributed by atoms with van der Waals surface area (Å²) < 4.78 is 0. The molecular formula is C15H19NO.